The van der Waals surface area contributed by atoms with Gasteiger partial charge in [0.15, 0.2) is 6.79 Å². The van der Waals surface area contributed by atoms with E-state index in [1.165, 1.54) is 0 Å². The highest BCUT2D eigenvalue weighted by atomic mass is 79.9. The molecule has 1 aliphatic rings. The van der Waals surface area contributed by atoms with E-state index < -0.39 is 0 Å². The first-order valence-corrected chi connectivity index (χ1v) is 9.68. The quantitative estimate of drug-likeness (QED) is 0.454. The minimum absolute atomic E-state index is 0.188. The van der Waals surface area contributed by atoms with E-state index in [0.717, 1.165) is 38.6 Å². The lowest BCUT2D eigenvalue weighted by Crippen LogP contribution is -2.05. The van der Waals surface area contributed by atoms with Gasteiger partial charge in [-0.05, 0) is 92.9 Å². The van der Waals surface area contributed by atoms with Gasteiger partial charge in [0.1, 0.15) is 17.3 Å². The van der Waals surface area contributed by atoms with Gasteiger partial charge in [-0.25, -0.2) is 0 Å². The van der Waals surface area contributed by atoms with E-state index in [4.69, 9.17) is 15.2 Å². The molecule has 1 saturated carbocycles. The number of nitrogen functional groups attached to an aromatic ring is 1. The molecule has 1 aromatic carbocycles. The van der Waals surface area contributed by atoms with Crippen LogP contribution in [0.25, 0.3) is 17.3 Å². The third-order valence-corrected chi connectivity index (χ3v) is 4.36. The molecule has 5 nitrogen and oxygen atoms in total. The average Bonchev–Trinajstić information content (AvgIpc) is 3.40. The second-order valence-electron chi connectivity index (χ2n) is 5.79. The van der Waals surface area contributed by atoms with Crippen LogP contribution in [-0.2, 0) is 4.74 Å². The molecule has 0 spiro atoms. The predicted octanol–water partition coefficient (Wildman–Crippen LogP) is 5.06. The van der Waals surface area contributed by atoms with Crippen molar-refractivity contribution in [1.82, 2.24) is 10.2 Å². The van der Waals surface area contributed by atoms with E-state index in [2.05, 4.69) is 42.1 Å². The SMILES string of the molecule is CCOCOc1cc(C=C(Br)Br)ccc1-c1nnc(N)cc1C1CC1. The minimum atomic E-state index is 0.188. The van der Waals surface area contributed by atoms with Gasteiger partial charge >= 0.3 is 0 Å². The number of benzene rings is 1. The van der Waals surface area contributed by atoms with Crippen LogP contribution in [0.4, 0.5) is 5.82 Å². The van der Waals surface area contributed by atoms with Crippen LogP contribution in [0.15, 0.2) is 27.7 Å². The molecule has 25 heavy (non-hydrogen) atoms. The fourth-order valence-electron chi connectivity index (χ4n) is 2.60. The van der Waals surface area contributed by atoms with Gasteiger partial charge in [-0.2, -0.15) is 0 Å². The van der Waals surface area contributed by atoms with Crippen molar-refractivity contribution in [1.29, 1.82) is 0 Å². The Morgan fingerprint density at radius 2 is 2.08 bits per heavy atom. The van der Waals surface area contributed by atoms with Gasteiger partial charge in [0.05, 0.1) is 3.39 Å². The Kier molecular flexibility index (Phi) is 6.09. The molecule has 1 fully saturated rings. The Labute approximate surface area is 163 Å². The van der Waals surface area contributed by atoms with Crippen LogP contribution in [0, 0.1) is 0 Å². The second-order valence-corrected chi connectivity index (χ2v) is 8.56. The molecule has 1 aliphatic carbocycles. The summed E-state index contributed by atoms with van der Waals surface area (Å²) < 4.78 is 12.1. The summed E-state index contributed by atoms with van der Waals surface area (Å²) in [7, 11) is 0. The number of aromatic nitrogens is 2. The normalized spacial score (nSPS) is 13.6. The lowest BCUT2D eigenvalue weighted by molar-refractivity contribution is 0.0227. The van der Waals surface area contributed by atoms with Gasteiger partial charge in [0.2, 0.25) is 0 Å². The number of hydrogen-bond acceptors (Lipinski definition) is 5. The van der Waals surface area contributed by atoms with Gasteiger partial charge < -0.3 is 15.2 Å². The second kappa shape index (κ2) is 8.29. The highest BCUT2D eigenvalue weighted by molar-refractivity contribution is 9.28. The summed E-state index contributed by atoms with van der Waals surface area (Å²) in [6, 6.07) is 7.91. The smallest absolute Gasteiger partial charge is 0.189 e. The van der Waals surface area contributed by atoms with Crippen molar-refractivity contribution >= 4 is 43.8 Å². The molecule has 2 aromatic rings. The van der Waals surface area contributed by atoms with E-state index in [0.29, 0.717) is 24.1 Å². The Hall–Kier alpha value is -1.44. The van der Waals surface area contributed by atoms with Gasteiger partial charge in [-0.3, -0.25) is 0 Å². The van der Waals surface area contributed by atoms with Gasteiger partial charge in [-0.15, -0.1) is 10.2 Å². The van der Waals surface area contributed by atoms with E-state index in [9.17, 15) is 0 Å². The zero-order chi connectivity index (χ0) is 17.8. The molecule has 132 valence electrons. The molecular weight excluding hydrogens is 450 g/mol. The highest BCUT2D eigenvalue weighted by Crippen LogP contribution is 2.45. The molecule has 0 radical (unpaired) electrons. The summed E-state index contributed by atoms with van der Waals surface area (Å²) in [5.74, 6) is 1.67. The minimum Gasteiger partial charge on any atom is -0.467 e. The maximum Gasteiger partial charge on any atom is 0.189 e. The van der Waals surface area contributed by atoms with Crippen LogP contribution in [0.5, 0.6) is 5.75 Å². The summed E-state index contributed by atoms with van der Waals surface area (Å²) >= 11 is 6.77. The van der Waals surface area contributed by atoms with Crippen LogP contribution >= 0.6 is 31.9 Å². The zero-order valence-electron chi connectivity index (χ0n) is 13.8. The van der Waals surface area contributed by atoms with Crippen molar-refractivity contribution in [3.63, 3.8) is 0 Å². The van der Waals surface area contributed by atoms with E-state index >= 15 is 0 Å². The standard InChI is InChI=1S/C18H19Br2N3O2/c1-2-24-10-25-15-7-11(8-16(19)20)3-6-13(15)18-14(12-4-5-12)9-17(21)22-23-18/h3,6-9,12H,2,4-5,10H2,1H3,(H2,21,22). The zero-order valence-corrected chi connectivity index (χ0v) is 17.0. The lowest BCUT2D eigenvalue weighted by atomic mass is 10.0. The van der Waals surface area contributed by atoms with Crippen molar-refractivity contribution in [3.8, 4) is 17.0 Å². The van der Waals surface area contributed by atoms with Crippen LogP contribution < -0.4 is 10.5 Å². The van der Waals surface area contributed by atoms with Crippen molar-refractivity contribution in [2.24, 2.45) is 0 Å². The van der Waals surface area contributed by atoms with Crippen LogP contribution in [0.3, 0.4) is 0 Å². The van der Waals surface area contributed by atoms with Crippen molar-refractivity contribution in [2.75, 3.05) is 19.1 Å². The van der Waals surface area contributed by atoms with E-state index in [1.54, 1.807) is 0 Å². The molecular formula is C18H19Br2N3O2. The fourth-order valence-corrected chi connectivity index (χ4v) is 3.12. The summed E-state index contributed by atoms with van der Waals surface area (Å²) in [4.78, 5) is 0. The molecule has 0 unspecified atom stereocenters. The van der Waals surface area contributed by atoms with Crippen molar-refractivity contribution in [2.45, 2.75) is 25.7 Å². The summed E-state index contributed by atoms with van der Waals surface area (Å²) in [5, 5.41) is 8.41. The lowest BCUT2D eigenvalue weighted by Gasteiger charge is -2.14. The summed E-state index contributed by atoms with van der Waals surface area (Å²) in [5.41, 5.74) is 9.71. The number of nitrogens with zero attached hydrogens (tertiary/aromatic N) is 2. The van der Waals surface area contributed by atoms with Crippen LogP contribution in [-0.4, -0.2) is 23.6 Å². The van der Waals surface area contributed by atoms with E-state index in [1.807, 2.05) is 37.3 Å². The number of ether oxygens (including phenoxy) is 2. The first-order valence-electron chi connectivity index (χ1n) is 8.09. The average molecular weight is 469 g/mol. The third-order valence-electron chi connectivity index (χ3n) is 3.90. The first-order chi connectivity index (χ1) is 12.1. The molecule has 0 bridgehead atoms. The maximum absolute atomic E-state index is 5.86. The predicted molar refractivity (Wildman–Crippen MR) is 107 cm³/mol. The third kappa shape index (κ3) is 4.80. The van der Waals surface area contributed by atoms with Crippen molar-refractivity contribution < 1.29 is 9.47 Å². The molecule has 1 aromatic heterocycles. The molecule has 7 heteroatoms. The molecule has 0 aliphatic heterocycles. The van der Waals surface area contributed by atoms with E-state index in [-0.39, 0.29) is 6.79 Å². The maximum atomic E-state index is 5.86. The largest absolute Gasteiger partial charge is 0.467 e. The van der Waals surface area contributed by atoms with Crippen LogP contribution in [0.2, 0.25) is 0 Å². The summed E-state index contributed by atoms with van der Waals surface area (Å²) in [6.07, 6.45) is 4.27. The Bertz CT molecular complexity index is 788. The number of nitrogens with two attached hydrogens (primary N) is 1. The fraction of sp³-hybridized carbons (Fsp3) is 0.333. The molecule has 3 rings (SSSR count). The van der Waals surface area contributed by atoms with Crippen LogP contribution in [0.1, 0.15) is 36.8 Å². The molecule has 0 amide bonds. The van der Waals surface area contributed by atoms with Gasteiger partial charge in [-0.1, -0.05) is 6.07 Å². The number of rotatable bonds is 7. The van der Waals surface area contributed by atoms with Gasteiger partial charge in [0.25, 0.3) is 0 Å². The topological polar surface area (TPSA) is 70.3 Å². The summed E-state index contributed by atoms with van der Waals surface area (Å²) in [6.45, 7) is 2.71. The Morgan fingerprint density at radius 1 is 1.28 bits per heavy atom. The first kappa shape index (κ1) is 18.4. The number of hydrogen-bond donors (Lipinski definition) is 1. The van der Waals surface area contributed by atoms with Gasteiger partial charge in [0, 0.05) is 12.2 Å². The Morgan fingerprint density at radius 3 is 2.76 bits per heavy atom. The number of halogens is 2. The number of anilines is 1. The monoisotopic (exact) mass is 467 g/mol. The molecule has 2 N–H and O–H groups in total. The van der Waals surface area contributed by atoms with Crippen molar-refractivity contribution in [3.05, 3.63) is 38.8 Å². The Balaban J connectivity index is 2.03. The molecule has 0 atom stereocenters. The highest BCUT2D eigenvalue weighted by Gasteiger charge is 2.29. The molecule has 0 saturated heterocycles. The molecule has 1 heterocycles.